The van der Waals surface area contributed by atoms with Crippen LogP contribution in [0.1, 0.15) is 30.5 Å². The van der Waals surface area contributed by atoms with Gasteiger partial charge in [-0.25, -0.2) is 4.98 Å². The zero-order valence-corrected chi connectivity index (χ0v) is 15.6. The topological polar surface area (TPSA) is 82.7 Å². The number of aromatic nitrogens is 2. The fourth-order valence-corrected chi connectivity index (χ4v) is 3.25. The molecule has 1 aliphatic rings. The Morgan fingerprint density at radius 1 is 1.27 bits per heavy atom. The molecule has 1 unspecified atom stereocenters. The molecule has 1 aliphatic heterocycles. The molecule has 1 aromatic carbocycles. The van der Waals surface area contributed by atoms with E-state index in [1.807, 2.05) is 24.3 Å². The molecule has 2 N–H and O–H groups in total. The maximum atomic E-state index is 5.98. The normalized spacial score (nSPS) is 16.5. The van der Waals surface area contributed by atoms with Crippen LogP contribution in [0, 0.1) is 0 Å². The lowest BCUT2D eigenvalue weighted by Crippen LogP contribution is -2.24. The Kier molecular flexibility index (Phi) is 5.78. The number of anilines is 2. The molecule has 7 nitrogen and oxygen atoms in total. The fraction of sp³-hybridized carbons (Fsp3) is 0.474. The predicted octanol–water partition coefficient (Wildman–Crippen LogP) is 2.61. The van der Waals surface area contributed by atoms with Crippen LogP contribution < -0.4 is 20.1 Å². The molecule has 0 aliphatic carbocycles. The Bertz CT molecular complexity index is 748. The summed E-state index contributed by atoms with van der Waals surface area (Å²) in [5, 5.41) is 0. The number of hydrogen-bond acceptors (Lipinski definition) is 7. The minimum absolute atomic E-state index is 0.282. The molecule has 26 heavy (non-hydrogen) atoms. The van der Waals surface area contributed by atoms with E-state index in [2.05, 4.69) is 21.8 Å². The summed E-state index contributed by atoms with van der Waals surface area (Å²) in [5.41, 5.74) is 7.95. The van der Waals surface area contributed by atoms with Crippen molar-refractivity contribution >= 4 is 11.8 Å². The summed E-state index contributed by atoms with van der Waals surface area (Å²) in [6.07, 6.45) is 0.964. The summed E-state index contributed by atoms with van der Waals surface area (Å²) in [4.78, 5) is 11.0. The van der Waals surface area contributed by atoms with Gasteiger partial charge in [-0.05, 0) is 19.4 Å². The van der Waals surface area contributed by atoms with Gasteiger partial charge in [0.2, 0.25) is 5.95 Å². The minimum Gasteiger partial charge on any atom is -0.493 e. The lowest BCUT2D eigenvalue weighted by atomic mass is 10.0. The number of ether oxygens (including phenoxy) is 3. The number of hydrogen-bond donors (Lipinski definition) is 1. The highest BCUT2D eigenvalue weighted by Gasteiger charge is 2.22. The second-order valence-corrected chi connectivity index (χ2v) is 6.24. The molecule has 3 rings (SSSR count). The van der Waals surface area contributed by atoms with E-state index in [9.17, 15) is 0 Å². The van der Waals surface area contributed by atoms with Crippen molar-refractivity contribution in [1.82, 2.24) is 9.97 Å². The van der Waals surface area contributed by atoms with Gasteiger partial charge in [-0.15, -0.1) is 0 Å². The fourth-order valence-electron chi connectivity index (χ4n) is 3.25. The molecule has 0 saturated carbocycles. The molecule has 140 valence electrons. The summed E-state index contributed by atoms with van der Waals surface area (Å²) >= 11 is 0. The summed E-state index contributed by atoms with van der Waals surface area (Å²) in [7, 11) is 3.29. The van der Waals surface area contributed by atoms with Crippen molar-refractivity contribution in [3.8, 4) is 11.5 Å². The molecule has 7 heteroatoms. The number of nitrogens with two attached hydrogens (primary N) is 1. The van der Waals surface area contributed by atoms with Crippen LogP contribution in [0.3, 0.4) is 0 Å². The highest BCUT2D eigenvalue weighted by Crippen LogP contribution is 2.33. The van der Waals surface area contributed by atoms with Crippen LogP contribution in [0.5, 0.6) is 11.5 Å². The van der Waals surface area contributed by atoms with Crippen molar-refractivity contribution in [3.05, 3.63) is 35.5 Å². The van der Waals surface area contributed by atoms with Crippen LogP contribution in [-0.2, 0) is 11.3 Å². The third-order valence-electron chi connectivity index (χ3n) is 4.65. The number of para-hydroxylation sites is 1. The summed E-state index contributed by atoms with van der Waals surface area (Å²) in [5.74, 6) is 2.84. The van der Waals surface area contributed by atoms with Crippen LogP contribution in [0.2, 0.25) is 0 Å². The molecule has 1 fully saturated rings. The smallest absolute Gasteiger partial charge is 0.222 e. The zero-order chi connectivity index (χ0) is 18.5. The quantitative estimate of drug-likeness (QED) is 0.814. The van der Waals surface area contributed by atoms with Gasteiger partial charge in [-0.2, -0.15) is 4.98 Å². The van der Waals surface area contributed by atoms with E-state index in [1.165, 1.54) is 0 Å². The summed E-state index contributed by atoms with van der Waals surface area (Å²) < 4.78 is 16.4. The van der Waals surface area contributed by atoms with Gasteiger partial charge < -0.3 is 24.8 Å². The molecule has 0 spiro atoms. The van der Waals surface area contributed by atoms with Gasteiger partial charge in [0.1, 0.15) is 5.82 Å². The van der Waals surface area contributed by atoms with E-state index >= 15 is 0 Å². The number of methoxy groups -OCH3 is 2. The van der Waals surface area contributed by atoms with Crippen molar-refractivity contribution in [2.24, 2.45) is 0 Å². The maximum absolute atomic E-state index is 5.98. The average Bonchev–Trinajstić information content (AvgIpc) is 3.20. The van der Waals surface area contributed by atoms with Crippen LogP contribution in [0.15, 0.2) is 24.3 Å². The van der Waals surface area contributed by atoms with Crippen molar-refractivity contribution in [2.75, 3.05) is 44.6 Å². The van der Waals surface area contributed by atoms with E-state index in [-0.39, 0.29) is 5.92 Å². The van der Waals surface area contributed by atoms with Crippen molar-refractivity contribution < 1.29 is 14.2 Å². The second-order valence-electron chi connectivity index (χ2n) is 6.24. The third-order valence-corrected chi connectivity index (χ3v) is 4.65. The van der Waals surface area contributed by atoms with Gasteiger partial charge >= 0.3 is 0 Å². The van der Waals surface area contributed by atoms with Crippen molar-refractivity contribution in [3.63, 3.8) is 0 Å². The standard InChI is InChI=1S/C19H26N4O3/c1-4-23(11-13-6-5-7-16(24-2)18(13)25-3)17-10-15(21-19(20)22-17)14-8-9-26-12-14/h5-7,10,14H,4,8-9,11-12H2,1-3H3,(H2,20,21,22). The molecular weight excluding hydrogens is 332 g/mol. The number of rotatable bonds is 7. The third kappa shape index (κ3) is 3.83. The Hall–Kier alpha value is -2.54. The van der Waals surface area contributed by atoms with Gasteiger partial charge in [-0.3, -0.25) is 0 Å². The number of benzene rings is 1. The van der Waals surface area contributed by atoms with Gasteiger partial charge in [-0.1, -0.05) is 12.1 Å². The van der Waals surface area contributed by atoms with Gasteiger partial charge in [0.15, 0.2) is 11.5 Å². The van der Waals surface area contributed by atoms with E-state index in [1.54, 1.807) is 14.2 Å². The van der Waals surface area contributed by atoms with Crippen LogP contribution in [-0.4, -0.2) is 43.9 Å². The first-order valence-corrected chi connectivity index (χ1v) is 8.83. The SMILES string of the molecule is CCN(Cc1cccc(OC)c1OC)c1cc(C2CCOC2)nc(N)n1. The highest BCUT2D eigenvalue weighted by atomic mass is 16.5. The molecule has 1 atom stereocenters. The first-order valence-electron chi connectivity index (χ1n) is 8.83. The monoisotopic (exact) mass is 358 g/mol. The largest absolute Gasteiger partial charge is 0.493 e. The van der Waals surface area contributed by atoms with Crippen LogP contribution in [0.4, 0.5) is 11.8 Å². The van der Waals surface area contributed by atoms with Gasteiger partial charge in [0.25, 0.3) is 0 Å². The van der Waals surface area contributed by atoms with E-state index in [0.717, 1.165) is 42.4 Å². The molecule has 0 amide bonds. The molecule has 0 bridgehead atoms. The molecule has 0 radical (unpaired) electrons. The van der Waals surface area contributed by atoms with Crippen molar-refractivity contribution in [1.29, 1.82) is 0 Å². The van der Waals surface area contributed by atoms with Crippen molar-refractivity contribution in [2.45, 2.75) is 25.8 Å². The Balaban J connectivity index is 1.90. The zero-order valence-electron chi connectivity index (χ0n) is 15.6. The Labute approximate surface area is 154 Å². The van der Waals surface area contributed by atoms with E-state index in [4.69, 9.17) is 19.9 Å². The lowest BCUT2D eigenvalue weighted by Gasteiger charge is -2.24. The summed E-state index contributed by atoms with van der Waals surface area (Å²) in [6, 6.07) is 7.89. The Morgan fingerprint density at radius 3 is 2.77 bits per heavy atom. The molecular formula is C19H26N4O3. The van der Waals surface area contributed by atoms with Crippen LogP contribution >= 0.6 is 0 Å². The van der Waals surface area contributed by atoms with E-state index < -0.39 is 0 Å². The minimum atomic E-state index is 0.282. The molecule has 2 aromatic rings. The Morgan fingerprint density at radius 2 is 2.12 bits per heavy atom. The molecule has 1 saturated heterocycles. The first kappa shape index (κ1) is 18.3. The second kappa shape index (κ2) is 8.23. The number of nitrogen functional groups attached to an aromatic ring is 1. The van der Waals surface area contributed by atoms with Gasteiger partial charge in [0, 0.05) is 37.2 Å². The average molecular weight is 358 g/mol. The number of nitrogens with zero attached hydrogens (tertiary/aromatic N) is 3. The molecule has 1 aromatic heterocycles. The van der Waals surface area contributed by atoms with E-state index in [0.29, 0.717) is 24.8 Å². The first-order chi connectivity index (χ1) is 12.7. The maximum Gasteiger partial charge on any atom is 0.222 e. The van der Waals surface area contributed by atoms with Crippen LogP contribution in [0.25, 0.3) is 0 Å². The highest BCUT2D eigenvalue weighted by molar-refractivity contribution is 5.50. The summed E-state index contributed by atoms with van der Waals surface area (Å²) in [6.45, 7) is 4.95. The molecule has 2 heterocycles. The van der Waals surface area contributed by atoms with Gasteiger partial charge in [0.05, 0.1) is 26.5 Å². The predicted molar refractivity (Wildman–Crippen MR) is 101 cm³/mol. The lowest BCUT2D eigenvalue weighted by molar-refractivity contribution is 0.193.